The molecular formula is C67H103N9O13. The minimum absolute atomic E-state index is 0.00179. The molecule has 89 heavy (non-hydrogen) atoms. The quantitative estimate of drug-likeness (QED) is 0.0367. The number of primary amides is 1. The maximum atomic E-state index is 14.6. The smallest absolute Gasteiger partial charge is 0.312 e. The first-order chi connectivity index (χ1) is 41.9. The predicted octanol–water partition coefficient (Wildman–Crippen LogP) is 5.36. The third kappa shape index (κ3) is 21.4. The fourth-order valence-electron chi connectivity index (χ4n) is 12.7. The van der Waals surface area contributed by atoms with Gasteiger partial charge in [-0.15, -0.1) is 0 Å². The highest BCUT2D eigenvalue weighted by molar-refractivity contribution is 6.06. The van der Waals surface area contributed by atoms with E-state index in [4.69, 9.17) is 10.5 Å². The SMILES string of the molecule is CC[C@H](C)[C@@H]([C@@H](CC(=O)N1CCC[C@H]1[C@H](CO)[C@@H](C)C(=O)N[C@@H](Cc1ccccc1)C(=O)Cc1ccc(NC(=O)[C@H](CCCNC(N)=O)NC(=O)[C@@H](CC(=O)CN2C(=O)CC(C)C2=O)C(C)C)cc1)OC)N(C)C(=O)[C@@H](CC(=O)[C@H](C(C)C)N(C)C)C(C)C. The van der Waals surface area contributed by atoms with Gasteiger partial charge in [-0.3, -0.25) is 57.7 Å². The highest BCUT2D eigenvalue weighted by atomic mass is 16.5. The fraction of sp³-hybridized carbons (Fsp3) is 0.657. The van der Waals surface area contributed by atoms with Crippen molar-refractivity contribution in [1.82, 2.24) is 35.6 Å². The number of ether oxygens (including phenoxy) is 1. The summed E-state index contributed by atoms with van der Waals surface area (Å²) in [6, 6.07) is 11.4. The van der Waals surface area contributed by atoms with E-state index in [-0.39, 0.29) is 111 Å². The summed E-state index contributed by atoms with van der Waals surface area (Å²) in [7, 11) is 6.99. The molecule has 7 N–H and O–H groups in total. The molecule has 2 aromatic rings. The van der Waals surface area contributed by atoms with E-state index in [1.807, 2.05) is 90.9 Å². The highest BCUT2D eigenvalue weighted by Gasteiger charge is 2.44. The molecule has 0 aromatic heterocycles. The third-order valence-corrected chi connectivity index (χ3v) is 18.1. The number of imide groups is 1. The number of ketones is 3. The van der Waals surface area contributed by atoms with Crippen LogP contribution in [0.3, 0.4) is 0 Å². The molecular weight excluding hydrogens is 1140 g/mol. The van der Waals surface area contributed by atoms with Crippen LogP contribution in [-0.4, -0.2) is 180 Å². The van der Waals surface area contributed by atoms with Crippen molar-refractivity contribution in [3.8, 4) is 0 Å². The molecule has 0 spiro atoms. The van der Waals surface area contributed by atoms with Crippen LogP contribution in [-0.2, 0) is 65.5 Å². The molecule has 2 saturated heterocycles. The molecule has 2 heterocycles. The first kappa shape index (κ1) is 74.6. The number of aliphatic hydroxyl groups excluding tert-OH is 1. The number of methoxy groups -OCH3 is 1. The number of carbonyl (C=O) groups is 11. The standard InChI is InChI=1S/C67H103N9O13/c1-15-42(8)61(74(13)66(87)50(40(4)5)35-56(80)60(41(6)7)73(11)12)57(89-14)36-59(82)75-30-20-24-54(75)51(38-77)44(10)62(83)72-53(32-45-21-17-16-18-22-45)55(79)33-46-25-27-47(28-26-46)70-64(85)52(23-19-29-69-67(68)88)71-63(84)49(39(2)3)34-48(78)37-76-58(81)31-43(9)65(76)86/h16-18,21-22,25-28,39-44,49-54,57,60-61,77H,15,19-20,23-24,29-38H2,1-14H3,(H,70,85)(H,71,84)(H,72,83)(H3,68,69,88)/t42-,43?,44+,49-,50-,51+,52-,53-,54-,57+,60-,61-/m0/s1. The van der Waals surface area contributed by atoms with Crippen molar-refractivity contribution < 1.29 is 62.6 Å². The molecule has 9 amide bonds. The number of anilines is 1. The maximum absolute atomic E-state index is 14.6. The molecule has 22 heteroatoms. The van der Waals surface area contributed by atoms with E-state index in [1.165, 1.54) is 7.11 Å². The molecule has 0 radical (unpaired) electrons. The van der Waals surface area contributed by atoms with E-state index in [9.17, 15) is 57.8 Å². The molecule has 494 valence electrons. The summed E-state index contributed by atoms with van der Waals surface area (Å²) >= 11 is 0. The Morgan fingerprint density at radius 1 is 0.764 bits per heavy atom. The lowest BCUT2D eigenvalue weighted by molar-refractivity contribution is -0.148. The number of likely N-dealkylation sites (tertiary alicyclic amines) is 2. The number of aliphatic hydroxyl groups is 1. The molecule has 0 saturated carbocycles. The fourth-order valence-corrected chi connectivity index (χ4v) is 12.7. The number of nitrogens with two attached hydrogens (primary N) is 1. The van der Waals surface area contributed by atoms with E-state index in [1.54, 1.807) is 68.8 Å². The first-order valence-electron chi connectivity index (χ1n) is 31.8. The van der Waals surface area contributed by atoms with Crippen LogP contribution in [0.5, 0.6) is 0 Å². The highest BCUT2D eigenvalue weighted by Crippen LogP contribution is 2.33. The Bertz CT molecular complexity index is 2730. The van der Waals surface area contributed by atoms with Gasteiger partial charge in [0.2, 0.25) is 41.4 Å². The number of urea groups is 1. The number of hydrogen-bond acceptors (Lipinski definition) is 14. The monoisotopic (exact) mass is 1240 g/mol. The van der Waals surface area contributed by atoms with Gasteiger partial charge < -0.3 is 46.6 Å². The van der Waals surface area contributed by atoms with Gasteiger partial charge in [0.05, 0.1) is 37.2 Å². The summed E-state index contributed by atoms with van der Waals surface area (Å²) in [6.45, 7) is 18.3. The average Bonchev–Trinajstić information content (AvgIpc) is 2.88. The molecule has 12 atom stereocenters. The summed E-state index contributed by atoms with van der Waals surface area (Å²) in [5.41, 5.74) is 6.94. The summed E-state index contributed by atoms with van der Waals surface area (Å²) < 4.78 is 6.10. The number of hydrogen-bond donors (Lipinski definition) is 6. The van der Waals surface area contributed by atoms with Crippen LogP contribution in [0.15, 0.2) is 54.6 Å². The normalized spacial score (nSPS) is 18.6. The molecule has 0 bridgehead atoms. The number of likely N-dealkylation sites (N-methyl/N-ethyl adjacent to an activating group) is 2. The summed E-state index contributed by atoms with van der Waals surface area (Å²) in [5, 5.41) is 22.1. The number of carbonyl (C=O) groups excluding carboxylic acids is 11. The van der Waals surface area contributed by atoms with Crippen LogP contribution in [0.2, 0.25) is 0 Å². The van der Waals surface area contributed by atoms with Crippen LogP contribution in [0.1, 0.15) is 138 Å². The Morgan fingerprint density at radius 3 is 1.93 bits per heavy atom. The predicted molar refractivity (Wildman–Crippen MR) is 339 cm³/mol. The second kappa shape index (κ2) is 35.5. The Morgan fingerprint density at radius 2 is 1.39 bits per heavy atom. The molecule has 1 unspecified atom stereocenters. The van der Waals surface area contributed by atoms with Crippen molar-refractivity contribution in [2.75, 3.05) is 59.8 Å². The Hall–Kier alpha value is -6.91. The van der Waals surface area contributed by atoms with Gasteiger partial charge in [-0.05, 0) is 93.1 Å². The molecule has 0 aliphatic carbocycles. The zero-order chi connectivity index (χ0) is 66.6. The van der Waals surface area contributed by atoms with E-state index in [0.29, 0.717) is 37.1 Å². The third-order valence-electron chi connectivity index (χ3n) is 18.1. The van der Waals surface area contributed by atoms with Crippen molar-refractivity contribution in [2.45, 2.75) is 176 Å². The van der Waals surface area contributed by atoms with Gasteiger partial charge in [-0.2, -0.15) is 0 Å². The topological polar surface area (TPSA) is 304 Å². The molecule has 2 aromatic carbocycles. The number of benzene rings is 2. The van der Waals surface area contributed by atoms with Crippen molar-refractivity contribution in [1.29, 1.82) is 0 Å². The molecule has 2 aliphatic heterocycles. The lowest BCUT2D eigenvalue weighted by atomic mass is 9.83. The van der Waals surface area contributed by atoms with Crippen LogP contribution < -0.4 is 27.0 Å². The van der Waals surface area contributed by atoms with Crippen molar-refractivity contribution >= 4 is 70.4 Å². The van der Waals surface area contributed by atoms with Gasteiger partial charge in [-0.25, -0.2) is 4.79 Å². The maximum Gasteiger partial charge on any atom is 0.312 e. The van der Waals surface area contributed by atoms with E-state index in [0.717, 1.165) is 10.5 Å². The number of rotatable bonds is 37. The molecule has 4 rings (SSSR count). The average molecular weight is 1240 g/mol. The van der Waals surface area contributed by atoms with Crippen molar-refractivity contribution in [3.05, 3.63) is 65.7 Å². The summed E-state index contributed by atoms with van der Waals surface area (Å²) in [4.78, 5) is 155. The zero-order valence-corrected chi connectivity index (χ0v) is 55.2. The van der Waals surface area contributed by atoms with Gasteiger partial charge in [-0.1, -0.05) is 118 Å². The number of Topliss-reactive ketones (excluding diaryl/α,β-unsaturated/α-hetero) is 3. The van der Waals surface area contributed by atoms with Crippen LogP contribution in [0, 0.1) is 53.3 Å². The second-order valence-corrected chi connectivity index (χ2v) is 26.0. The van der Waals surface area contributed by atoms with Crippen LogP contribution in [0.4, 0.5) is 10.5 Å². The number of nitrogens with zero attached hydrogens (tertiary/aromatic N) is 4. The van der Waals surface area contributed by atoms with Crippen molar-refractivity contribution in [3.63, 3.8) is 0 Å². The minimum atomic E-state index is -1.13. The molecule has 2 aliphatic rings. The van der Waals surface area contributed by atoms with E-state index < -0.39 is 114 Å². The second-order valence-electron chi connectivity index (χ2n) is 26.0. The van der Waals surface area contributed by atoms with E-state index >= 15 is 0 Å². The van der Waals surface area contributed by atoms with Crippen LogP contribution in [0.25, 0.3) is 0 Å². The Kier molecular flexibility index (Phi) is 29.7. The van der Waals surface area contributed by atoms with Gasteiger partial charge in [0.1, 0.15) is 6.04 Å². The van der Waals surface area contributed by atoms with Gasteiger partial charge in [0, 0.05) is 101 Å². The lowest BCUT2D eigenvalue weighted by Crippen LogP contribution is -2.54. The zero-order valence-electron chi connectivity index (χ0n) is 55.2. The van der Waals surface area contributed by atoms with E-state index in [2.05, 4.69) is 21.3 Å². The van der Waals surface area contributed by atoms with Gasteiger partial charge >= 0.3 is 6.03 Å². The molecule has 2 fully saturated rings. The van der Waals surface area contributed by atoms with Crippen molar-refractivity contribution in [2.24, 2.45) is 59.0 Å². The van der Waals surface area contributed by atoms with Gasteiger partial charge in [0.15, 0.2) is 17.3 Å². The largest absolute Gasteiger partial charge is 0.396 e. The Labute approximate surface area is 527 Å². The number of amides is 9. The number of nitrogens with one attached hydrogen (secondary N) is 4. The minimum Gasteiger partial charge on any atom is -0.396 e. The summed E-state index contributed by atoms with van der Waals surface area (Å²) in [5.74, 6) is -7.93. The molecule has 22 nitrogen and oxygen atoms in total. The van der Waals surface area contributed by atoms with Crippen LogP contribution >= 0.6 is 0 Å². The lowest BCUT2D eigenvalue weighted by Gasteiger charge is -2.41. The summed E-state index contributed by atoms with van der Waals surface area (Å²) in [6.07, 6.45) is 1.20. The van der Waals surface area contributed by atoms with Gasteiger partial charge in [0.25, 0.3) is 0 Å². The first-order valence-corrected chi connectivity index (χ1v) is 31.8. The Balaban J connectivity index is 1.48.